The molecule has 0 unspecified atom stereocenters. The van der Waals surface area contributed by atoms with Crippen LogP contribution in [-0.4, -0.2) is 17.3 Å². The van der Waals surface area contributed by atoms with Crippen molar-refractivity contribution in [3.8, 4) is 0 Å². The van der Waals surface area contributed by atoms with Crippen molar-refractivity contribution in [3.63, 3.8) is 0 Å². The maximum absolute atomic E-state index is 11.6. The van der Waals surface area contributed by atoms with Crippen LogP contribution in [0.2, 0.25) is 0 Å². The molecule has 1 aromatic rings. The van der Waals surface area contributed by atoms with Crippen LogP contribution in [0.5, 0.6) is 0 Å². The molecule has 0 aromatic carbocycles. The summed E-state index contributed by atoms with van der Waals surface area (Å²) >= 11 is 1.63. The zero-order valence-electron chi connectivity index (χ0n) is 10.1. The monoisotopic (exact) mass is 240 g/mol. The summed E-state index contributed by atoms with van der Waals surface area (Å²) in [6.07, 6.45) is 4.19. The third-order valence-corrected chi connectivity index (χ3v) is 3.65. The van der Waals surface area contributed by atoms with Gasteiger partial charge in [0.15, 0.2) is 0 Å². The summed E-state index contributed by atoms with van der Waals surface area (Å²) in [7, 11) is 0. The summed E-state index contributed by atoms with van der Waals surface area (Å²) in [5.74, 6) is 0.297. The topological polar surface area (TPSA) is 56.0 Å². The highest BCUT2D eigenvalue weighted by Gasteiger charge is 2.08. The Morgan fingerprint density at radius 3 is 2.62 bits per heavy atom. The third-order valence-electron chi connectivity index (χ3n) is 2.58. The van der Waals surface area contributed by atoms with Crippen LogP contribution < -0.4 is 5.73 Å². The van der Waals surface area contributed by atoms with E-state index in [1.165, 1.54) is 4.88 Å². The van der Waals surface area contributed by atoms with Crippen molar-refractivity contribution in [1.82, 2.24) is 4.98 Å². The number of hydrogen-bond acceptors (Lipinski definition) is 4. The summed E-state index contributed by atoms with van der Waals surface area (Å²) in [4.78, 5) is 17.2. The molecule has 0 bridgehead atoms. The zero-order valence-corrected chi connectivity index (χ0v) is 10.9. The van der Waals surface area contributed by atoms with Crippen molar-refractivity contribution in [3.05, 3.63) is 15.6 Å². The molecule has 1 heterocycles. The van der Waals surface area contributed by atoms with E-state index in [0.717, 1.165) is 36.5 Å². The molecule has 0 aliphatic rings. The first-order valence-corrected chi connectivity index (χ1v) is 6.59. The fourth-order valence-electron chi connectivity index (χ4n) is 1.52. The Bertz CT molecular complexity index is 327. The van der Waals surface area contributed by atoms with Crippen LogP contribution in [0.1, 0.15) is 41.3 Å². The lowest BCUT2D eigenvalue weighted by atomic mass is 10.1. The largest absolute Gasteiger partial charge is 0.330 e. The predicted molar refractivity (Wildman–Crippen MR) is 67.8 cm³/mol. The standard InChI is InChI=1S/C12H20N2OS/c1-9-10(2)16-12(14-9)8-11(15)6-4-3-5-7-13/h3-8,13H2,1-2H3. The second-order valence-corrected chi connectivity index (χ2v) is 5.35. The molecule has 0 amide bonds. The highest BCUT2D eigenvalue weighted by atomic mass is 32.1. The molecule has 0 atom stereocenters. The summed E-state index contributed by atoms with van der Waals surface area (Å²) in [5.41, 5.74) is 6.45. The van der Waals surface area contributed by atoms with Crippen LogP contribution in [0, 0.1) is 13.8 Å². The van der Waals surface area contributed by atoms with Crippen molar-refractivity contribution in [2.75, 3.05) is 6.54 Å². The van der Waals surface area contributed by atoms with Gasteiger partial charge in [-0.3, -0.25) is 4.79 Å². The van der Waals surface area contributed by atoms with E-state index in [-0.39, 0.29) is 0 Å². The van der Waals surface area contributed by atoms with Crippen LogP contribution in [0.3, 0.4) is 0 Å². The molecule has 0 saturated carbocycles. The molecule has 1 rings (SSSR count). The van der Waals surface area contributed by atoms with Gasteiger partial charge in [-0.05, 0) is 33.2 Å². The van der Waals surface area contributed by atoms with Gasteiger partial charge in [-0.25, -0.2) is 4.98 Å². The molecule has 1 aromatic heterocycles. The Balaban J connectivity index is 2.28. The quantitative estimate of drug-likeness (QED) is 0.744. The number of Topliss-reactive ketones (excluding diaryl/α,β-unsaturated/α-hetero) is 1. The van der Waals surface area contributed by atoms with Gasteiger partial charge in [-0.1, -0.05) is 6.42 Å². The molecule has 0 aliphatic carbocycles. The van der Waals surface area contributed by atoms with E-state index >= 15 is 0 Å². The van der Waals surface area contributed by atoms with Crippen LogP contribution in [0.25, 0.3) is 0 Å². The molecule has 16 heavy (non-hydrogen) atoms. The second-order valence-electron chi connectivity index (χ2n) is 4.06. The number of carbonyl (C=O) groups excluding carboxylic acids is 1. The number of thiazole rings is 1. The highest BCUT2D eigenvalue weighted by Crippen LogP contribution is 2.17. The van der Waals surface area contributed by atoms with E-state index in [1.807, 2.05) is 13.8 Å². The van der Waals surface area contributed by atoms with Gasteiger partial charge in [-0.15, -0.1) is 11.3 Å². The number of nitrogens with two attached hydrogens (primary N) is 1. The molecular formula is C12H20N2OS. The van der Waals surface area contributed by atoms with Gasteiger partial charge >= 0.3 is 0 Å². The van der Waals surface area contributed by atoms with Gasteiger partial charge < -0.3 is 5.73 Å². The van der Waals surface area contributed by atoms with Crippen LogP contribution in [0.4, 0.5) is 0 Å². The van der Waals surface area contributed by atoms with Crippen molar-refractivity contribution in [2.24, 2.45) is 5.73 Å². The smallest absolute Gasteiger partial charge is 0.139 e. The van der Waals surface area contributed by atoms with Crippen molar-refractivity contribution in [1.29, 1.82) is 0 Å². The maximum atomic E-state index is 11.6. The molecule has 2 N–H and O–H groups in total. The lowest BCUT2D eigenvalue weighted by molar-refractivity contribution is -0.118. The minimum atomic E-state index is 0.297. The van der Waals surface area contributed by atoms with E-state index in [1.54, 1.807) is 11.3 Å². The van der Waals surface area contributed by atoms with Gasteiger partial charge in [0, 0.05) is 11.3 Å². The van der Waals surface area contributed by atoms with Gasteiger partial charge in [0.1, 0.15) is 10.8 Å². The first-order chi connectivity index (χ1) is 7.63. The van der Waals surface area contributed by atoms with Crippen molar-refractivity contribution in [2.45, 2.75) is 46.0 Å². The molecule has 0 fully saturated rings. The van der Waals surface area contributed by atoms with Gasteiger partial charge in [0.2, 0.25) is 0 Å². The average Bonchev–Trinajstić information content (AvgIpc) is 2.53. The van der Waals surface area contributed by atoms with E-state index < -0.39 is 0 Å². The first kappa shape index (κ1) is 13.3. The Morgan fingerprint density at radius 2 is 2.06 bits per heavy atom. The molecule has 4 heteroatoms. The Labute approximate surface area is 101 Å². The number of nitrogens with zero attached hydrogens (tertiary/aromatic N) is 1. The predicted octanol–water partition coefficient (Wildman–Crippen LogP) is 2.39. The molecule has 3 nitrogen and oxygen atoms in total. The van der Waals surface area contributed by atoms with Gasteiger partial charge in [-0.2, -0.15) is 0 Å². The SMILES string of the molecule is Cc1nc(CC(=O)CCCCCN)sc1C. The number of aromatic nitrogens is 1. The number of aryl methyl sites for hydroxylation is 2. The van der Waals surface area contributed by atoms with Crippen molar-refractivity contribution >= 4 is 17.1 Å². The minimum absolute atomic E-state index is 0.297. The zero-order chi connectivity index (χ0) is 12.0. The van der Waals surface area contributed by atoms with Gasteiger partial charge in [0.05, 0.1) is 12.1 Å². The normalized spacial score (nSPS) is 10.7. The molecule has 0 aliphatic heterocycles. The van der Waals surface area contributed by atoms with Crippen LogP contribution in [0.15, 0.2) is 0 Å². The minimum Gasteiger partial charge on any atom is -0.330 e. The number of ketones is 1. The van der Waals surface area contributed by atoms with Gasteiger partial charge in [0.25, 0.3) is 0 Å². The molecule has 0 spiro atoms. The van der Waals surface area contributed by atoms with Crippen molar-refractivity contribution < 1.29 is 4.79 Å². The van der Waals surface area contributed by atoms with Crippen LogP contribution in [-0.2, 0) is 11.2 Å². The number of rotatable bonds is 7. The Kier molecular flexibility index (Phi) is 5.63. The summed E-state index contributed by atoms with van der Waals surface area (Å²) in [6, 6.07) is 0. The molecular weight excluding hydrogens is 220 g/mol. The lowest BCUT2D eigenvalue weighted by Crippen LogP contribution is -2.03. The Hall–Kier alpha value is -0.740. The fourth-order valence-corrected chi connectivity index (χ4v) is 2.48. The number of carbonyl (C=O) groups is 1. The lowest BCUT2D eigenvalue weighted by Gasteiger charge is -1.98. The van der Waals surface area contributed by atoms with E-state index in [9.17, 15) is 4.79 Å². The fraction of sp³-hybridized carbons (Fsp3) is 0.667. The maximum Gasteiger partial charge on any atom is 0.139 e. The second kappa shape index (κ2) is 6.76. The number of unbranched alkanes of at least 4 members (excludes halogenated alkanes) is 2. The Morgan fingerprint density at radius 1 is 1.31 bits per heavy atom. The van der Waals surface area contributed by atoms with E-state index in [0.29, 0.717) is 18.6 Å². The summed E-state index contributed by atoms with van der Waals surface area (Å²) in [5, 5.41) is 0.957. The number of hydrogen-bond donors (Lipinski definition) is 1. The van der Waals surface area contributed by atoms with E-state index in [4.69, 9.17) is 5.73 Å². The molecule has 90 valence electrons. The highest BCUT2D eigenvalue weighted by molar-refractivity contribution is 7.11. The van der Waals surface area contributed by atoms with E-state index in [2.05, 4.69) is 4.98 Å². The summed E-state index contributed by atoms with van der Waals surface area (Å²) < 4.78 is 0. The average molecular weight is 240 g/mol. The third kappa shape index (κ3) is 4.41. The summed E-state index contributed by atoms with van der Waals surface area (Å²) in [6.45, 7) is 4.75. The van der Waals surface area contributed by atoms with Crippen LogP contribution >= 0.6 is 11.3 Å². The first-order valence-electron chi connectivity index (χ1n) is 5.78. The molecule has 0 radical (unpaired) electrons. The molecule has 0 saturated heterocycles.